The summed E-state index contributed by atoms with van der Waals surface area (Å²) >= 11 is 2.91. The molecule has 0 unspecified atom stereocenters. The number of ether oxygens (including phenoxy) is 1. The number of fused-ring (bicyclic) bond motifs is 1. The Balaban J connectivity index is 1.34. The van der Waals surface area contributed by atoms with Crippen LogP contribution < -0.4 is 5.32 Å². The number of thioether (sulfide) groups is 1. The largest absolute Gasteiger partial charge is 0.477 e. The number of hydrogen-bond acceptors (Lipinski definition) is 7. The summed E-state index contributed by atoms with van der Waals surface area (Å²) in [5.41, 5.74) is 1.33. The van der Waals surface area contributed by atoms with Gasteiger partial charge in [0.15, 0.2) is 12.4 Å². The van der Waals surface area contributed by atoms with E-state index in [4.69, 9.17) is 4.74 Å². The minimum absolute atomic E-state index is 0.0586. The van der Waals surface area contributed by atoms with Gasteiger partial charge in [0.2, 0.25) is 5.91 Å². The van der Waals surface area contributed by atoms with Crippen LogP contribution >= 0.6 is 23.1 Å². The normalized spacial score (nSPS) is 22.1. The van der Waals surface area contributed by atoms with Gasteiger partial charge in [0.1, 0.15) is 17.2 Å². The van der Waals surface area contributed by atoms with Crippen molar-refractivity contribution in [3.8, 4) is 0 Å². The minimum atomic E-state index is -1.18. The number of rotatable bonds is 6. The summed E-state index contributed by atoms with van der Waals surface area (Å²) in [6.07, 6.45) is 1.96. The highest BCUT2D eigenvalue weighted by atomic mass is 32.2. The Hall–Kier alpha value is -3.24. The van der Waals surface area contributed by atoms with E-state index in [0.717, 1.165) is 10.4 Å². The summed E-state index contributed by atoms with van der Waals surface area (Å²) in [5.74, 6) is -0.813. The molecule has 0 saturated carbocycles. The summed E-state index contributed by atoms with van der Waals surface area (Å²) in [6, 6.07) is 12.5. The van der Waals surface area contributed by atoms with E-state index >= 15 is 0 Å². The van der Waals surface area contributed by atoms with Crippen LogP contribution in [0.3, 0.4) is 0 Å². The molecule has 3 aliphatic rings. The number of hydrogen-bond donors (Lipinski definition) is 2. The van der Waals surface area contributed by atoms with E-state index in [-0.39, 0.29) is 24.8 Å². The molecule has 0 aliphatic carbocycles. The quantitative estimate of drug-likeness (QED) is 0.626. The maximum absolute atomic E-state index is 12.8. The molecule has 0 bridgehead atoms. The summed E-state index contributed by atoms with van der Waals surface area (Å²) < 4.78 is 5.75. The molecule has 0 radical (unpaired) electrons. The Morgan fingerprint density at radius 2 is 2.00 bits per heavy atom. The number of β-lactam (4-membered cyclic amide) rings is 1. The summed E-state index contributed by atoms with van der Waals surface area (Å²) in [4.78, 5) is 41.2. The van der Waals surface area contributed by atoms with Crippen molar-refractivity contribution >= 4 is 46.6 Å². The second-order valence-electron chi connectivity index (χ2n) is 7.41. The predicted octanol–water partition coefficient (Wildman–Crippen LogP) is 2.28. The number of thiophene rings is 1. The molecule has 164 valence electrons. The molecule has 2 amide bonds. The van der Waals surface area contributed by atoms with Crippen molar-refractivity contribution in [3.05, 3.63) is 75.9 Å². The number of carboxylic acid groups (broad SMARTS) is 1. The van der Waals surface area contributed by atoms with Crippen molar-refractivity contribution in [2.45, 2.75) is 17.8 Å². The first-order valence-electron chi connectivity index (χ1n) is 9.92. The minimum Gasteiger partial charge on any atom is -0.477 e. The number of nitrogens with zero attached hydrogens (tertiary/aromatic N) is 2. The van der Waals surface area contributed by atoms with Gasteiger partial charge in [0.25, 0.3) is 5.91 Å². The number of nitrogens with one attached hydrogen (secondary N) is 1. The van der Waals surface area contributed by atoms with Crippen LogP contribution in [0.15, 0.2) is 65.4 Å². The van der Waals surface area contributed by atoms with Gasteiger partial charge in [-0.3, -0.25) is 14.5 Å². The molecule has 10 heteroatoms. The third kappa shape index (κ3) is 3.65. The van der Waals surface area contributed by atoms with Crippen molar-refractivity contribution < 1.29 is 24.2 Å². The SMILES string of the molecule is O=C(Cc1cccs1)N[C@@H]1C(=O)N2C(C(=O)O)=C(N3C=C(c4ccccc4)OC3)CS[C@@H]12. The highest BCUT2D eigenvalue weighted by Crippen LogP contribution is 2.42. The fourth-order valence-corrected chi connectivity index (χ4v) is 5.96. The van der Waals surface area contributed by atoms with E-state index in [9.17, 15) is 19.5 Å². The van der Waals surface area contributed by atoms with Crippen LogP contribution in [-0.2, 0) is 25.5 Å². The number of carbonyl (C=O) groups excluding carboxylic acids is 2. The average molecular weight is 470 g/mol. The molecular formula is C22H19N3O5S2. The average Bonchev–Trinajstić information content (AvgIpc) is 3.49. The fourth-order valence-electron chi connectivity index (χ4n) is 3.89. The monoisotopic (exact) mass is 469 g/mol. The first-order chi connectivity index (χ1) is 15.5. The summed E-state index contributed by atoms with van der Waals surface area (Å²) in [5, 5.41) is 14.1. The Kier molecular flexibility index (Phi) is 5.40. The van der Waals surface area contributed by atoms with Crippen molar-refractivity contribution in [1.82, 2.24) is 15.1 Å². The lowest BCUT2D eigenvalue weighted by molar-refractivity contribution is -0.150. The molecular weight excluding hydrogens is 450 g/mol. The highest BCUT2D eigenvalue weighted by molar-refractivity contribution is 8.00. The van der Waals surface area contributed by atoms with Crippen LogP contribution in [0.5, 0.6) is 0 Å². The summed E-state index contributed by atoms with van der Waals surface area (Å²) in [6.45, 7) is 0.171. The lowest BCUT2D eigenvalue weighted by atomic mass is 10.0. The lowest BCUT2D eigenvalue weighted by Gasteiger charge is -2.49. The fraction of sp³-hybridized carbons (Fsp3) is 0.227. The van der Waals surface area contributed by atoms with Crippen molar-refractivity contribution in [2.24, 2.45) is 0 Å². The maximum atomic E-state index is 12.8. The molecule has 2 aromatic rings. The molecule has 1 saturated heterocycles. The summed E-state index contributed by atoms with van der Waals surface area (Å²) in [7, 11) is 0. The van der Waals surface area contributed by atoms with Crippen molar-refractivity contribution in [2.75, 3.05) is 12.5 Å². The molecule has 3 aliphatic heterocycles. The topological polar surface area (TPSA) is 99.2 Å². The van der Waals surface area contributed by atoms with Gasteiger partial charge in [0.05, 0.1) is 18.3 Å². The molecule has 8 nitrogen and oxygen atoms in total. The van der Waals surface area contributed by atoms with Crippen LogP contribution in [0.2, 0.25) is 0 Å². The van der Waals surface area contributed by atoms with Crippen molar-refractivity contribution in [3.63, 3.8) is 0 Å². The highest BCUT2D eigenvalue weighted by Gasteiger charge is 2.55. The van der Waals surface area contributed by atoms with Crippen molar-refractivity contribution in [1.29, 1.82) is 0 Å². The van der Waals surface area contributed by atoms with Crippen LogP contribution in [-0.4, -0.2) is 56.6 Å². The smallest absolute Gasteiger partial charge is 0.354 e. The molecule has 2 N–H and O–H groups in total. The molecule has 1 fully saturated rings. The van der Waals surface area contributed by atoms with E-state index < -0.39 is 23.3 Å². The van der Waals surface area contributed by atoms with Gasteiger partial charge in [-0.2, -0.15) is 0 Å². The number of carbonyl (C=O) groups is 3. The third-order valence-corrected chi connectivity index (χ3v) is 7.56. The van der Waals surface area contributed by atoms with Gasteiger partial charge in [-0.05, 0) is 11.4 Å². The lowest BCUT2D eigenvalue weighted by Crippen LogP contribution is -2.71. The number of benzene rings is 1. The zero-order chi connectivity index (χ0) is 22.2. The molecule has 2 atom stereocenters. The maximum Gasteiger partial charge on any atom is 0.354 e. The van der Waals surface area contributed by atoms with Gasteiger partial charge >= 0.3 is 5.97 Å². The van der Waals surface area contributed by atoms with Gasteiger partial charge in [-0.15, -0.1) is 23.1 Å². The standard InChI is InChI=1S/C22H19N3O5S2/c26-17(9-14-7-4-8-31-14)23-18-20(27)25-19(22(28)29)15(11-32-21(18)25)24-10-16(30-12-24)13-5-2-1-3-6-13/h1-8,10,18,21H,9,11-12H2,(H,23,26)(H,28,29)/t18-,21+/m1/s1. The second-order valence-corrected chi connectivity index (χ2v) is 9.55. The second kappa shape index (κ2) is 8.36. The van der Waals surface area contributed by atoms with E-state index in [0.29, 0.717) is 17.2 Å². The van der Waals surface area contributed by atoms with E-state index in [1.165, 1.54) is 28.0 Å². The number of aliphatic carboxylic acids is 1. The number of amides is 2. The van der Waals surface area contributed by atoms with E-state index in [1.807, 2.05) is 47.8 Å². The number of carboxylic acids is 1. The first kappa shape index (κ1) is 20.7. The molecule has 32 heavy (non-hydrogen) atoms. The van der Waals surface area contributed by atoms with Gasteiger partial charge < -0.3 is 20.1 Å². The molecule has 4 heterocycles. The van der Waals surface area contributed by atoms with Crippen LogP contribution in [0, 0.1) is 0 Å². The molecule has 1 aromatic heterocycles. The zero-order valence-electron chi connectivity index (χ0n) is 16.8. The predicted molar refractivity (Wildman–Crippen MR) is 120 cm³/mol. The van der Waals surface area contributed by atoms with Crippen LogP contribution in [0.25, 0.3) is 5.76 Å². The van der Waals surface area contributed by atoms with E-state index in [2.05, 4.69) is 5.32 Å². The van der Waals surface area contributed by atoms with Gasteiger partial charge in [0, 0.05) is 16.2 Å². The Labute approximate surface area is 192 Å². The zero-order valence-corrected chi connectivity index (χ0v) is 18.4. The van der Waals surface area contributed by atoms with E-state index in [1.54, 1.807) is 11.1 Å². The van der Waals surface area contributed by atoms with Gasteiger partial charge in [-0.25, -0.2) is 4.79 Å². The Bertz CT molecular complexity index is 1130. The van der Waals surface area contributed by atoms with Crippen LogP contribution in [0.4, 0.5) is 0 Å². The molecule has 1 aromatic carbocycles. The van der Waals surface area contributed by atoms with Gasteiger partial charge in [-0.1, -0.05) is 36.4 Å². The Morgan fingerprint density at radius 1 is 1.19 bits per heavy atom. The molecule has 5 rings (SSSR count). The first-order valence-corrected chi connectivity index (χ1v) is 11.9. The van der Waals surface area contributed by atoms with Crippen LogP contribution in [0.1, 0.15) is 10.4 Å². The molecule has 0 spiro atoms. The Morgan fingerprint density at radius 3 is 2.72 bits per heavy atom. The third-order valence-electron chi connectivity index (χ3n) is 5.42.